The quantitative estimate of drug-likeness (QED) is 0.810. The predicted octanol–water partition coefficient (Wildman–Crippen LogP) is 3.49. The van der Waals surface area contributed by atoms with Crippen molar-refractivity contribution in [1.29, 1.82) is 0 Å². The van der Waals surface area contributed by atoms with E-state index in [4.69, 9.17) is 16.7 Å². The second kappa shape index (κ2) is 7.39. The highest BCUT2D eigenvalue weighted by atomic mass is 35.5. The van der Waals surface area contributed by atoms with Crippen LogP contribution < -0.4 is 4.90 Å². The first-order chi connectivity index (χ1) is 12.0. The molecule has 4 nitrogen and oxygen atoms in total. The van der Waals surface area contributed by atoms with E-state index < -0.39 is 17.6 Å². The summed E-state index contributed by atoms with van der Waals surface area (Å²) in [6.45, 7) is -0.132. The minimum absolute atomic E-state index is 0.132. The number of carbonyl (C=O) groups excluding carboxylic acids is 2. The number of anilines is 1. The lowest BCUT2D eigenvalue weighted by molar-refractivity contribution is -0.119. The summed E-state index contributed by atoms with van der Waals surface area (Å²) < 4.78 is 13.2. The Hall–Kier alpha value is -2.15. The molecule has 1 N–H and O–H groups in total. The van der Waals surface area contributed by atoms with Crippen molar-refractivity contribution in [1.82, 2.24) is 0 Å². The van der Waals surface area contributed by atoms with Crippen LogP contribution in [0.4, 0.5) is 10.1 Å². The number of halogens is 2. The molecule has 2 aromatic carbocycles. The summed E-state index contributed by atoms with van der Waals surface area (Å²) in [4.78, 5) is 27.0. The number of thioether (sulfide) groups is 1. The van der Waals surface area contributed by atoms with Gasteiger partial charge < -0.3 is 5.11 Å². The van der Waals surface area contributed by atoms with Crippen LogP contribution in [-0.2, 0) is 9.59 Å². The number of carbonyl (C=O) groups is 2. The third kappa shape index (κ3) is 3.46. The molecule has 0 saturated heterocycles. The van der Waals surface area contributed by atoms with Gasteiger partial charge >= 0.3 is 0 Å². The van der Waals surface area contributed by atoms with E-state index in [9.17, 15) is 14.0 Å². The molecule has 2 amide bonds. The molecule has 25 heavy (non-hydrogen) atoms. The number of hydrogen-bond acceptors (Lipinski definition) is 4. The maximum absolute atomic E-state index is 13.2. The molecule has 1 aliphatic rings. The Bertz CT molecular complexity index is 850. The zero-order chi connectivity index (χ0) is 18.0. The van der Waals surface area contributed by atoms with Gasteiger partial charge in [0.05, 0.1) is 22.8 Å². The van der Waals surface area contributed by atoms with Gasteiger partial charge in [-0.15, -0.1) is 11.8 Å². The van der Waals surface area contributed by atoms with Gasteiger partial charge in [-0.2, -0.15) is 0 Å². The van der Waals surface area contributed by atoms with E-state index in [1.165, 1.54) is 24.3 Å². The molecule has 2 aromatic rings. The topological polar surface area (TPSA) is 57.6 Å². The molecule has 0 unspecified atom stereocenters. The van der Waals surface area contributed by atoms with E-state index in [1.807, 2.05) is 0 Å². The van der Waals surface area contributed by atoms with Crippen LogP contribution in [0.3, 0.4) is 0 Å². The number of hydrogen-bond donors (Lipinski definition) is 1. The monoisotopic (exact) mass is 377 g/mol. The van der Waals surface area contributed by atoms with Crippen molar-refractivity contribution in [3.05, 3.63) is 69.8 Å². The molecule has 0 bridgehead atoms. The van der Waals surface area contributed by atoms with Gasteiger partial charge in [0.15, 0.2) is 0 Å². The Kier molecular flexibility index (Phi) is 5.22. The molecular formula is C18H13ClFNO3S. The maximum Gasteiger partial charge on any atom is 0.272 e. The molecule has 0 radical (unpaired) electrons. The van der Waals surface area contributed by atoms with Gasteiger partial charge in [-0.3, -0.25) is 9.59 Å². The summed E-state index contributed by atoms with van der Waals surface area (Å²) in [7, 11) is 0. The Morgan fingerprint density at radius 2 is 1.64 bits per heavy atom. The Morgan fingerprint density at radius 1 is 1.00 bits per heavy atom. The van der Waals surface area contributed by atoms with E-state index in [0.29, 0.717) is 16.3 Å². The molecule has 0 saturated carbocycles. The Balaban J connectivity index is 2.05. The molecule has 0 spiro atoms. The largest absolute Gasteiger partial charge is 0.396 e. The van der Waals surface area contributed by atoms with Crippen LogP contribution in [0.15, 0.2) is 53.4 Å². The average Bonchev–Trinajstić information content (AvgIpc) is 2.85. The predicted molar refractivity (Wildman–Crippen MR) is 96.8 cm³/mol. The fraction of sp³-hybridized carbons (Fsp3) is 0.111. The summed E-state index contributed by atoms with van der Waals surface area (Å²) in [6, 6.07) is 11.7. The average molecular weight is 378 g/mol. The molecule has 0 atom stereocenters. The van der Waals surface area contributed by atoms with Crippen LogP contribution in [0.5, 0.6) is 0 Å². The van der Waals surface area contributed by atoms with Crippen LogP contribution >= 0.6 is 23.4 Å². The molecule has 1 heterocycles. The second-order valence-electron chi connectivity index (χ2n) is 5.21. The minimum atomic E-state index is -0.487. The fourth-order valence-electron chi connectivity index (χ4n) is 2.49. The maximum atomic E-state index is 13.2. The van der Waals surface area contributed by atoms with Crippen molar-refractivity contribution in [2.24, 2.45) is 0 Å². The SMILES string of the molecule is O=C1C(SCCO)=C(c2ccc(F)cc2)C(=O)N1c1ccc(Cl)cc1. The van der Waals surface area contributed by atoms with Crippen LogP contribution in [0.25, 0.3) is 5.57 Å². The van der Waals surface area contributed by atoms with E-state index in [2.05, 4.69) is 0 Å². The molecule has 0 aromatic heterocycles. The number of rotatable bonds is 5. The Morgan fingerprint density at radius 3 is 2.24 bits per heavy atom. The Labute approximate surface area is 152 Å². The van der Waals surface area contributed by atoms with Crippen molar-refractivity contribution in [2.75, 3.05) is 17.3 Å². The summed E-state index contributed by atoms with van der Waals surface area (Å²) in [6.07, 6.45) is 0. The van der Waals surface area contributed by atoms with Crippen molar-refractivity contribution < 1.29 is 19.1 Å². The highest BCUT2D eigenvalue weighted by Crippen LogP contribution is 2.38. The standard InChI is InChI=1S/C18H13ClFNO3S/c19-12-3-7-14(8-4-12)21-17(23)15(11-1-5-13(20)6-2-11)16(18(21)24)25-10-9-22/h1-8,22H,9-10H2. The van der Waals surface area contributed by atoms with Gasteiger partial charge in [-0.05, 0) is 42.0 Å². The molecule has 0 aliphatic carbocycles. The zero-order valence-electron chi connectivity index (χ0n) is 12.9. The first-order valence-corrected chi connectivity index (χ1v) is 8.77. The summed E-state index contributed by atoms with van der Waals surface area (Å²) in [5, 5.41) is 9.56. The normalized spacial score (nSPS) is 14.6. The first kappa shape index (κ1) is 17.7. The van der Waals surface area contributed by atoms with Gasteiger partial charge in [-0.1, -0.05) is 23.7 Å². The highest BCUT2D eigenvalue weighted by Gasteiger charge is 2.40. The van der Waals surface area contributed by atoms with E-state index >= 15 is 0 Å². The number of benzene rings is 2. The van der Waals surface area contributed by atoms with Crippen molar-refractivity contribution >= 4 is 46.4 Å². The second-order valence-corrected chi connectivity index (χ2v) is 6.75. The van der Waals surface area contributed by atoms with Crippen LogP contribution in [0.1, 0.15) is 5.56 Å². The lowest BCUT2D eigenvalue weighted by atomic mass is 10.1. The van der Waals surface area contributed by atoms with Gasteiger partial charge in [0, 0.05) is 10.8 Å². The summed E-state index contributed by atoms with van der Waals surface area (Å²) in [5.41, 5.74) is 1.06. The van der Waals surface area contributed by atoms with Crippen LogP contribution in [0, 0.1) is 5.82 Å². The van der Waals surface area contributed by atoms with Crippen LogP contribution in [-0.4, -0.2) is 29.3 Å². The van der Waals surface area contributed by atoms with Crippen molar-refractivity contribution in [2.45, 2.75) is 0 Å². The minimum Gasteiger partial charge on any atom is -0.396 e. The molecule has 128 valence electrons. The number of aliphatic hydroxyl groups excluding tert-OH is 1. The molecular weight excluding hydrogens is 365 g/mol. The number of aliphatic hydroxyl groups is 1. The van der Waals surface area contributed by atoms with Crippen molar-refractivity contribution in [3.8, 4) is 0 Å². The lowest BCUT2D eigenvalue weighted by Crippen LogP contribution is -2.31. The first-order valence-electron chi connectivity index (χ1n) is 7.41. The number of imide groups is 1. The van der Waals surface area contributed by atoms with Gasteiger partial charge in [0.25, 0.3) is 11.8 Å². The van der Waals surface area contributed by atoms with Crippen molar-refractivity contribution in [3.63, 3.8) is 0 Å². The molecule has 3 rings (SSSR count). The highest BCUT2D eigenvalue weighted by molar-refractivity contribution is 8.04. The van der Waals surface area contributed by atoms with Gasteiger partial charge in [0.2, 0.25) is 0 Å². The van der Waals surface area contributed by atoms with E-state index in [1.54, 1.807) is 24.3 Å². The summed E-state index contributed by atoms with van der Waals surface area (Å²) >= 11 is 6.96. The molecule has 0 fully saturated rings. The van der Waals surface area contributed by atoms with Gasteiger partial charge in [-0.25, -0.2) is 9.29 Å². The third-order valence-corrected chi connectivity index (χ3v) is 4.90. The van der Waals surface area contributed by atoms with Gasteiger partial charge in [0.1, 0.15) is 5.82 Å². The number of amides is 2. The zero-order valence-corrected chi connectivity index (χ0v) is 14.5. The third-order valence-electron chi connectivity index (χ3n) is 3.60. The summed E-state index contributed by atoms with van der Waals surface area (Å²) in [5.74, 6) is -1.11. The smallest absolute Gasteiger partial charge is 0.272 e. The lowest BCUT2D eigenvalue weighted by Gasteiger charge is -2.15. The fourth-order valence-corrected chi connectivity index (χ4v) is 3.47. The van der Waals surface area contributed by atoms with Crippen LogP contribution in [0.2, 0.25) is 5.02 Å². The number of nitrogens with zero attached hydrogens (tertiary/aromatic N) is 1. The van der Waals surface area contributed by atoms with E-state index in [-0.39, 0.29) is 22.8 Å². The molecule has 7 heteroatoms. The molecule has 1 aliphatic heterocycles. The van der Waals surface area contributed by atoms with E-state index in [0.717, 1.165) is 16.7 Å².